The van der Waals surface area contributed by atoms with Crippen LogP contribution in [0.4, 0.5) is 0 Å². The molecule has 0 radical (unpaired) electrons. The van der Waals surface area contributed by atoms with E-state index in [0.717, 1.165) is 50.9 Å². The van der Waals surface area contributed by atoms with Crippen LogP contribution < -0.4 is 5.32 Å². The smallest absolute Gasteiger partial charge is 0.230 e. The van der Waals surface area contributed by atoms with Crippen LogP contribution >= 0.6 is 0 Å². The van der Waals surface area contributed by atoms with Crippen molar-refractivity contribution in [3.05, 3.63) is 0 Å². The summed E-state index contributed by atoms with van der Waals surface area (Å²) < 4.78 is 0. The van der Waals surface area contributed by atoms with Crippen molar-refractivity contribution in [2.75, 3.05) is 26.2 Å². The summed E-state index contributed by atoms with van der Waals surface area (Å²) >= 11 is 0. The number of nitrogens with one attached hydrogen (secondary N) is 1. The molecule has 0 bridgehead atoms. The molecule has 0 aromatic heterocycles. The highest BCUT2D eigenvalue weighted by Gasteiger charge is 2.42. The number of carbonyl (C=O) groups is 1. The predicted octanol–water partition coefficient (Wildman–Crippen LogP) is 2.66. The van der Waals surface area contributed by atoms with Crippen LogP contribution in [0.5, 0.6) is 0 Å². The van der Waals surface area contributed by atoms with Crippen LogP contribution in [0.25, 0.3) is 0 Å². The number of amides is 1. The van der Waals surface area contributed by atoms with Crippen molar-refractivity contribution >= 4 is 5.91 Å². The summed E-state index contributed by atoms with van der Waals surface area (Å²) in [6, 6.07) is 0. The van der Waals surface area contributed by atoms with Gasteiger partial charge in [0.2, 0.25) is 5.91 Å². The summed E-state index contributed by atoms with van der Waals surface area (Å²) in [5.41, 5.74) is -0.0995. The van der Waals surface area contributed by atoms with E-state index < -0.39 is 0 Å². The fraction of sp³-hybridized carbons (Fsp3) is 0.938. The highest BCUT2D eigenvalue weighted by atomic mass is 16.2. The van der Waals surface area contributed by atoms with E-state index in [1.165, 1.54) is 19.3 Å². The molecule has 3 nitrogen and oxygen atoms in total. The normalized spacial score (nSPS) is 32.6. The van der Waals surface area contributed by atoms with Crippen LogP contribution in [-0.2, 0) is 4.79 Å². The van der Waals surface area contributed by atoms with Gasteiger partial charge in [0.05, 0.1) is 5.41 Å². The molecule has 2 unspecified atom stereocenters. The third-order valence-electron chi connectivity index (χ3n) is 5.38. The fourth-order valence-electron chi connectivity index (χ4n) is 3.71. The quantitative estimate of drug-likeness (QED) is 0.852. The number of nitrogens with zero attached hydrogens (tertiary/aromatic N) is 1. The third-order valence-corrected chi connectivity index (χ3v) is 5.38. The molecule has 1 N–H and O–H groups in total. The second-order valence-corrected chi connectivity index (χ2v) is 6.79. The first-order valence-electron chi connectivity index (χ1n) is 8.09. The Kier molecular flexibility index (Phi) is 4.88. The molecule has 2 rings (SSSR count). The number of carbonyl (C=O) groups excluding carboxylic acids is 1. The summed E-state index contributed by atoms with van der Waals surface area (Å²) in [6.07, 6.45) is 5.66. The van der Waals surface area contributed by atoms with Gasteiger partial charge in [-0.2, -0.15) is 0 Å². The van der Waals surface area contributed by atoms with E-state index >= 15 is 0 Å². The number of likely N-dealkylation sites (tertiary alicyclic amines) is 1. The van der Waals surface area contributed by atoms with Crippen molar-refractivity contribution in [3.63, 3.8) is 0 Å². The van der Waals surface area contributed by atoms with Crippen LogP contribution in [0.1, 0.15) is 52.9 Å². The van der Waals surface area contributed by atoms with E-state index in [2.05, 4.69) is 31.0 Å². The monoisotopic (exact) mass is 266 g/mol. The zero-order valence-corrected chi connectivity index (χ0v) is 12.9. The fourth-order valence-corrected chi connectivity index (χ4v) is 3.71. The van der Waals surface area contributed by atoms with Crippen molar-refractivity contribution in [2.45, 2.75) is 52.9 Å². The van der Waals surface area contributed by atoms with Crippen LogP contribution in [0, 0.1) is 17.3 Å². The summed E-state index contributed by atoms with van der Waals surface area (Å²) in [7, 11) is 0. The molecule has 110 valence electrons. The lowest BCUT2D eigenvalue weighted by molar-refractivity contribution is -0.141. The van der Waals surface area contributed by atoms with Gasteiger partial charge in [0.15, 0.2) is 0 Å². The largest absolute Gasteiger partial charge is 0.342 e. The molecular formula is C16H30N2O. The highest BCUT2D eigenvalue weighted by molar-refractivity contribution is 5.83. The van der Waals surface area contributed by atoms with E-state index in [9.17, 15) is 4.79 Å². The first-order chi connectivity index (χ1) is 9.09. The van der Waals surface area contributed by atoms with Crippen LogP contribution in [0.2, 0.25) is 0 Å². The molecule has 2 aliphatic rings. The minimum absolute atomic E-state index is 0.0995. The van der Waals surface area contributed by atoms with E-state index in [0.29, 0.717) is 5.91 Å². The average Bonchev–Trinajstić information content (AvgIpc) is 2.75. The number of rotatable bonds is 3. The maximum absolute atomic E-state index is 12.9. The van der Waals surface area contributed by atoms with E-state index in [4.69, 9.17) is 0 Å². The summed E-state index contributed by atoms with van der Waals surface area (Å²) in [5.74, 6) is 1.98. The number of hydrogen-bond donors (Lipinski definition) is 1. The summed E-state index contributed by atoms with van der Waals surface area (Å²) in [5, 5.41) is 3.38. The lowest BCUT2D eigenvalue weighted by atomic mass is 9.82. The van der Waals surface area contributed by atoms with Gasteiger partial charge in [-0.25, -0.2) is 0 Å². The maximum atomic E-state index is 12.9. The Balaban J connectivity index is 1.99. The van der Waals surface area contributed by atoms with E-state index in [1.807, 2.05) is 0 Å². The number of hydrogen-bond acceptors (Lipinski definition) is 2. The molecule has 2 aliphatic heterocycles. The van der Waals surface area contributed by atoms with Gasteiger partial charge < -0.3 is 10.2 Å². The standard InChI is InChI=1S/C16H30N2O/c1-4-16(8-9-17-12-16)15(19)18-10-5-6-14(7-11-18)13(2)3/h13-14,17H,4-12H2,1-3H3. The minimum Gasteiger partial charge on any atom is -0.342 e. The summed E-state index contributed by atoms with van der Waals surface area (Å²) in [6.45, 7) is 10.6. The highest BCUT2D eigenvalue weighted by Crippen LogP contribution is 2.33. The molecule has 0 aromatic carbocycles. The first kappa shape index (κ1) is 14.8. The molecule has 0 aromatic rings. The molecular weight excluding hydrogens is 236 g/mol. The third kappa shape index (κ3) is 3.13. The molecule has 0 aliphatic carbocycles. The van der Waals surface area contributed by atoms with Crippen molar-refractivity contribution in [1.29, 1.82) is 0 Å². The van der Waals surface area contributed by atoms with Crippen molar-refractivity contribution < 1.29 is 4.79 Å². The van der Waals surface area contributed by atoms with Crippen LogP contribution in [0.15, 0.2) is 0 Å². The Bertz CT molecular complexity index is 308. The molecule has 2 fully saturated rings. The molecule has 2 heterocycles. The zero-order chi connectivity index (χ0) is 13.9. The predicted molar refractivity (Wildman–Crippen MR) is 79.0 cm³/mol. The second kappa shape index (κ2) is 6.25. The lowest BCUT2D eigenvalue weighted by Crippen LogP contribution is -2.45. The van der Waals surface area contributed by atoms with Gasteiger partial charge in [-0.15, -0.1) is 0 Å². The van der Waals surface area contributed by atoms with Gasteiger partial charge in [-0.3, -0.25) is 4.79 Å². The van der Waals surface area contributed by atoms with Crippen molar-refractivity contribution in [3.8, 4) is 0 Å². The molecule has 0 saturated carbocycles. The SMILES string of the molecule is CCC1(C(=O)N2CCCC(C(C)C)CC2)CCNC1. The summed E-state index contributed by atoms with van der Waals surface area (Å²) in [4.78, 5) is 15.0. The Morgan fingerprint density at radius 1 is 1.37 bits per heavy atom. The zero-order valence-electron chi connectivity index (χ0n) is 12.9. The molecule has 3 heteroatoms. The van der Waals surface area contributed by atoms with Crippen molar-refractivity contribution in [2.24, 2.45) is 17.3 Å². The molecule has 19 heavy (non-hydrogen) atoms. The minimum atomic E-state index is -0.0995. The Labute approximate surface area is 118 Å². The van der Waals surface area contributed by atoms with Gasteiger partial charge in [0, 0.05) is 19.6 Å². The molecule has 1 amide bonds. The lowest BCUT2D eigenvalue weighted by Gasteiger charge is -2.32. The molecule has 2 atom stereocenters. The topological polar surface area (TPSA) is 32.3 Å². The second-order valence-electron chi connectivity index (χ2n) is 6.79. The van der Waals surface area contributed by atoms with Crippen LogP contribution in [0.3, 0.4) is 0 Å². The van der Waals surface area contributed by atoms with Gasteiger partial charge >= 0.3 is 0 Å². The van der Waals surface area contributed by atoms with Gasteiger partial charge in [0.1, 0.15) is 0 Å². The van der Waals surface area contributed by atoms with Gasteiger partial charge in [0.25, 0.3) is 0 Å². The Morgan fingerprint density at radius 3 is 2.74 bits per heavy atom. The van der Waals surface area contributed by atoms with Gasteiger partial charge in [-0.1, -0.05) is 20.8 Å². The Hall–Kier alpha value is -0.570. The average molecular weight is 266 g/mol. The van der Waals surface area contributed by atoms with Crippen molar-refractivity contribution in [1.82, 2.24) is 10.2 Å². The maximum Gasteiger partial charge on any atom is 0.230 e. The van der Waals surface area contributed by atoms with Crippen LogP contribution in [-0.4, -0.2) is 37.0 Å². The van der Waals surface area contributed by atoms with Gasteiger partial charge in [-0.05, 0) is 50.5 Å². The molecule has 0 spiro atoms. The Morgan fingerprint density at radius 2 is 2.16 bits per heavy atom. The first-order valence-corrected chi connectivity index (χ1v) is 8.09. The van der Waals surface area contributed by atoms with E-state index in [1.54, 1.807) is 0 Å². The molecule has 2 saturated heterocycles. The van der Waals surface area contributed by atoms with E-state index in [-0.39, 0.29) is 5.41 Å².